The third-order valence-electron chi connectivity index (χ3n) is 2.11. The van der Waals surface area contributed by atoms with Gasteiger partial charge in [0.15, 0.2) is 0 Å². The van der Waals surface area contributed by atoms with E-state index in [1.165, 1.54) is 24.4 Å². The van der Waals surface area contributed by atoms with Gasteiger partial charge >= 0.3 is 5.97 Å². The first-order chi connectivity index (χ1) is 7.72. The smallest absolute Gasteiger partial charge is 0.337 e. The van der Waals surface area contributed by atoms with Crippen molar-refractivity contribution in [2.24, 2.45) is 0 Å². The number of hydrogen-bond acceptors (Lipinski definition) is 5. The topological polar surface area (TPSA) is 83.0 Å². The lowest BCUT2D eigenvalue weighted by Gasteiger charge is -2.06. The van der Waals surface area contributed by atoms with Gasteiger partial charge in [-0.05, 0) is 18.2 Å². The maximum absolute atomic E-state index is 11.3. The maximum Gasteiger partial charge on any atom is 0.337 e. The van der Waals surface area contributed by atoms with E-state index in [4.69, 9.17) is 5.73 Å². The molecule has 0 atom stereocenters. The fourth-order valence-electron chi connectivity index (χ4n) is 1.34. The molecule has 0 saturated heterocycles. The number of ether oxygens (including phenoxy) is 1. The second-order valence-corrected chi connectivity index (χ2v) is 3.11. The van der Waals surface area contributed by atoms with Crippen molar-refractivity contribution >= 4 is 11.7 Å². The van der Waals surface area contributed by atoms with Crippen LogP contribution in [0.25, 0.3) is 5.69 Å². The van der Waals surface area contributed by atoms with Gasteiger partial charge in [0.05, 0.1) is 24.0 Å². The number of hydrogen-bond donors (Lipinski definition) is 1. The van der Waals surface area contributed by atoms with Crippen molar-refractivity contribution in [1.82, 2.24) is 14.8 Å². The van der Waals surface area contributed by atoms with Crippen molar-refractivity contribution in [1.29, 1.82) is 0 Å². The number of carbonyl (C=O) groups excluding carboxylic acids is 1. The molecule has 0 aliphatic heterocycles. The van der Waals surface area contributed by atoms with Crippen LogP contribution in [0.2, 0.25) is 0 Å². The Labute approximate surface area is 91.7 Å². The number of carbonyl (C=O) groups is 1. The normalized spacial score (nSPS) is 10.1. The number of esters is 1. The summed E-state index contributed by atoms with van der Waals surface area (Å²) >= 11 is 0. The number of nitrogens with two attached hydrogens (primary N) is 1. The molecule has 0 radical (unpaired) electrons. The van der Waals surface area contributed by atoms with Crippen molar-refractivity contribution in [3.63, 3.8) is 0 Å². The highest BCUT2D eigenvalue weighted by atomic mass is 16.5. The monoisotopic (exact) mass is 218 g/mol. The maximum atomic E-state index is 11.3. The standard InChI is InChI=1S/C10H10N4O2/c1-16-10(15)7-2-3-9(8(11)4-7)14-6-12-5-13-14/h2-6H,11H2,1H3. The molecule has 0 aliphatic rings. The number of methoxy groups -OCH3 is 1. The zero-order valence-electron chi connectivity index (χ0n) is 8.62. The number of nitrogen functional groups attached to an aromatic ring is 1. The zero-order valence-corrected chi connectivity index (χ0v) is 8.62. The lowest BCUT2D eigenvalue weighted by atomic mass is 10.2. The van der Waals surface area contributed by atoms with Gasteiger partial charge in [0.25, 0.3) is 0 Å². The Kier molecular flexibility index (Phi) is 2.55. The molecule has 16 heavy (non-hydrogen) atoms. The fraction of sp³-hybridized carbons (Fsp3) is 0.100. The Morgan fingerprint density at radius 1 is 1.50 bits per heavy atom. The highest BCUT2D eigenvalue weighted by Crippen LogP contribution is 2.18. The van der Waals surface area contributed by atoms with Gasteiger partial charge in [-0.25, -0.2) is 14.5 Å². The predicted molar refractivity (Wildman–Crippen MR) is 57.1 cm³/mol. The van der Waals surface area contributed by atoms with Crippen LogP contribution in [0.15, 0.2) is 30.9 Å². The molecule has 2 rings (SSSR count). The van der Waals surface area contributed by atoms with Crippen molar-refractivity contribution in [2.75, 3.05) is 12.8 Å². The first-order valence-electron chi connectivity index (χ1n) is 4.55. The van der Waals surface area contributed by atoms with Crippen LogP contribution in [-0.4, -0.2) is 27.8 Å². The molecule has 0 bridgehead atoms. The Morgan fingerprint density at radius 2 is 2.31 bits per heavy atom. The minimum atomic E-state index is -0.420. The average Bonchev–Trinajstić information content (AvgIpc) is 2.81. The van der Waals surface area contributed by atoms with E-state index in [2.05, 4.69) is 14.8 Å². The molecule has 0 fully saturated rings. The molecule has 6 nitrogen and oxygen atoms in total. The summed E-state index contributed by atoms with van der Waals surface area (Å²) < 4.78 is 6.12. The summed E-state index contributed by atoms with van der Waals surface area (Å²) in [5.74, 6) is -0.420. The van der Waals surface area contributed by atoms with Crippen LogP contribution in [0.1, 0.15) is 10.4 Å². The van der Waals surface area contributed by atoms with Gasteiger partial charge in [0.1, 0.15) is 12.7 Å². The van der Waals surface area contributed by atoms with Crippen molar-refractivity contribution in [3.05, 3.63) is 36.4 Å². The molecule has 1 heterocycles. The van der Waals surface area contributed by atoms with Gasteiger partial charge in [0.2, 0.25) is 0 Å². The van der Waals surface area contributed by atoms with Gasteiger partial charge in [-0.3, -0.25) is 0 Å². The average molecular weight is 218 g/mol. The van der Waals surface area contributed by atoms with E-state index in [0.29, 0.717) is 16.9 Å². The fourth-order valence-corrected chi connectivity index (χ4v) is 1.34. The van der Waals surface area contributed by atoms with Crippen LogP contribution in [0.5, 0.6) is 0 Å². The summed E-state index contributed by atoms with van der Waals surface area (Å²) in [6.45, 7) is 0. The van der Waals surface area contributed by atoms with E-state index in [-0.39, 0.29) is 0 Å². The van der Waals surface area contributed by atoms with Crippen LogP contribution >= 0.6 is 0 Å². The van der Waals surface area contributed by atoms with Gasteiger partial charge in [-0.1, -0.05) is 0 Å². The third-order valence-corrected chi connectivity index (χ3v) is 2.11. The minimum absolute atomic E-state index is 0.406. The van der Waals surface area contributed by atoms with Crippen LogP contribution in [0.3, 0.4) is 0 Å². The van der Waals surface area contributed by atoms with E-state index in [9.17, 15) is 4.79 Å². The summed E-state index contributed by atoms with van der Waals surface area (Å²) in [5, 5.41) is 3.95. The van der Waals surface area contributed by atoms with Crippen LogP contribution in [0.4, 0.5) is 5.69 Å². The molecule has 0 aliphatic carbocycles. The summed E-state index contributed by atoms with van der Waals surface area (Å²) in [6, 6.07) is 4.86. The molecule has 0 unspecified atom stereocenters. The molecule has 82 valence electrons. The first-order valence-corrected chi connectivity index (χ1v) is 4.55. The molecule has 0 amide bonds. The first kappa shape index (κ1) is 10.2. The minimum Gasteiger partial charge on any atom is -0.465 e. The number of benzene rings is 1. The number of nitrogens with zero attached hydrogens (tertiary/aromatic N) is 3. The van der Waals surface area contributed by atoms with Crippen molar-refractivity contribution < 1.29 is 9.53 Å². The summed E-state index contributed by atoms with van der Waals surface area (Å²) in [7, 11) is 1.32. The Hall–Kier alpha value is -2.37. The number of rotatable bonds is 2. The molecular weight excluding hydrogens is 208 g/mol. The predicted octanol–water partition coefficient (Wildman–Crippen LogP) is 0.636. The van der Waals surface area contributed by atoms with Crippen molar-refractivity contribution in [3.8, 4) is 5.69 Å². The lowest BCUT2D eigenvalue weighted by Crippen LogP contribution is -2.05. The van der Waals surface area contributed by atoms with Gasteiger partial charge in [-0.2, -0.15) is 5.10 Å². The van der Waals surface area contributed by atoms with E-state index in [1.54, 1.807) is 18.2 Å². The second kappa shape index (κ2) is 4.01. The molecule has 0 spiro atoms. The molecule has 2 N–H and O–H groups in total. The largest absolute Gasteiger partial charge is 0.465 e. The van der Waals surface area contributed by atoms with Crippen LogP contribution in [0, 0.1) is 0 Å². The summed E-state index contributed by atoms with van der Waals surface area (Å²) in [6.07, 6.45) is 2.94. The molecule has 1 aromatic heterocycles. The molecular formula is C10H10N4O2. The second-order valence-electron chi connectivity index (χ2n) is 3.11. The number of anilines is 1. The molecule has 1 aromatic carbocycles. The highest BCUT2D eigenvalue weighted by Gasteiger charge is 2.09. The molecule has 6 heteroatoms. The van der Waals surface area contributed by atoms with Gasteiger partial charge in [0, 0.05) is 0 Å². The van der Waals surface area contributed by atoms with E-state index < -0.39 is 5.97 Å². The Bertz CT molecular complexity index is 508. The molecule has 0 saturated carbocycles. The summed E-state index contributed by atoms with van der Waals surface area (Å²) in [5.41, 5.74) is 7.32. The van der Waals surface area contributed by atoms with Crippen molar-refractivity contribution in [2.45, 2.75) is 0 Å². The van der Waals surface area contributed by atoms with Crippen LogP contribution < -0.4 is 5.73 Å². The van der Waals surface area contributed by atoms with Gasteiger partial charge in [-0.15, -0.1) is 0 Å². The SMILES string of the molecule is COC(=O)c1ccc(-n2cncn2)c(N)c1. The van der Waals surface area contributed by atoms with E-state index in [1.807, 2.05) is 0 Å². The van der Waals surface area contributed by atoms with E-state index >= 15 is 0 Å². The number of aromatic nitrogens is 3. The highest BCUT2D eigenvalue weighted by molar-refractivity contribution is 5.91. The molecule has 2 aromatic rings. The van der Waals surface area contributed by atoms with E-state index in [0.717, 1.165) is 0 Å². The van der Waals surface area contributed by atoms with Gasteiger partial charge < -0.3 is 10.5 Å². The summed E-state index contributed by atoms with van der Waals surface area (Å²) in [4.78, 5) is 15.1. The lowest BCUT2D eigenvalue weighted by molar-refractivity contribution is 0.0601. The Morgan fingerprint density at radius 3 is 2.88 bits per heavy atom. The quantitative estimate of drug-likeness (QED) is 0.590. The zero-order chi connectivity index (χ0) is 11.5. The third kappa shape index (κ3) is 1.72. The Balaban J connectivity index is 2.41. The van der Waals surface area contributed by atoms with Crippen LogP contribution in [-0.2, 0) is 4.74 Å².